The second kappa shape index (κ2) is 6.52. The van der Waals surface area contributed by atoms with Gasteiger partial charge in [-0.1, -0.05) is 28.1 Å². The zero-order chi connectivity index (χ0) is 17.3. The van der Waals surface area contributed by atoms with E-state index in [-0.39, 0.29) is 11.9 Å². The topological polar surface area (TPSA) is 73.3 Å². The molecule has 7 heteroatoms. The smallest absolute Gasteiger partial charge is 0.329 e. The van der Waals surface area contributed by atoms with Crippen molar-refractivity contribution in [3.63, 3.8) is 0 Å². The number of aromatic nitrogens is 2. The Bertz CT molecular complexity index is 1010. The molecule has 0 radical (unpaired) electrons. The highest BCUT2D eigenvalue weighted by atomic mass is 79.9. The Balaban J connectivity index is 2.24. The minimum absolute atomic E-state index is 0.164. The Morgan fingerprint density at radius 1 is 1.00 bits per heavy atom. The predicted molar refractivity (Wildman–Crippen MR) is 95.2 cm³/mol. The molecule has 0 unspecified atom stereocenters. The van der Waals surface area contributed by atoms with Crippen molar-refractivity contribution in [3.8, 4) is 11.5 Å². The van der Waals surface area contributed by atoms with Gasteiger partial charge in [0, 0.05) is 4.47 Å². The van der Waals surface area contributed by atoms with Gasteiger partial charge in [-0.3, -0.25) is 9.36 Å². The van der Waals surface area contributed by atoms with Crippen LogP contribution < -0.4 is 20.7 Å². The lowest BCUT2D eigenvalue weighted by molar-refractivity contribution is 0.409. The van der Waals surface area contributed by atoms with Crippen LogP contribution >= 0.6 is 15.9 Å². The zero-order valence-corrected chi connectivity index (χ0v) is 14.7. The van der Waals surface area contributed by atoms with Gasteiger partial charge >= 0.3 is 5.69 Å². The summed E-state index contributed by atoms with van der Waals surface area (Å²) >= 11 is 3.36. The highest BCUT2D eigenvalue weighted by Gasteiger charge is 2.16. The normalized spacial score (nSPS) is 10.8. The molecule has 0 saturated heterocycles. The van der Waals surface area contributed by atoms with Gasteiger partial charge in [-0.15, -0.1) is 0 Å². The number of hydrogen-bond acceptors (Lipinski definition) is 4. The van der Waals surface area contributed by atoms with Gasteiger partial charge in [-0.05, 0) is 29.8 Å². The Kier molecular flexibility index (Phi) is 4.44. The highest BCUT2D eigenvalue weighted by Crippen LogP contribution is 2.28. The molecule has 0 amide bonds. The van der Waals surface area contributed by atoms with Gasteiger partial charge < -0.3 is 14.5 Å². The summed E-state index contributed by atoms with van der Waals surface area (Å²) in [4.78, 5) is 28.0. The highest BCUT2D eigenvalue weighted by molar-refractivity contribution is 9.10. The summed E-state index contributed by atoms with van der Waals surface area (Å²) in [6, 6.07) is 10.7. The van der Waals surface area contributed by atoms with Crippen LogP contribution in [0, 0.1) is 0 Å². The van der Waals surface area contributed by atoms with Crippen LogP contribution in [0.25, 0.3) is 10.9 Å². The lowest BCUT2D eigenvalue weighted by Crippen LogP contribution is -2.35. The standard InChI is InChI=1S/C17H15BrN2O4/c1-23-12-7-8-13(24-2)15-14(12)16(21)20(17(22)19-15)9-10-3-5-11(18)6-4-10/h3-8H,9H2,1-2H3,(H,19,22). The molecule has 0 atom stereocenters. The molecular weight excluding hydrogens is 376 g/mol. The number of halogens is 1. The summed E-state index contributed by atoms with van der Waals surface area (Å²) in [5.74, 6) is 0.799. The largest absolute Gasteiger partial charge is 0.496 e. The van der Waals surface area contributed by atoms with Crippen molar-refractivity contribution in [2.45, 2.75) is 6.54 Å². The molecule has 24 heavy (non-hydrogen) atoms. The molecule has 0 fully saturated rings. The van der Waals surface area contributed by atoms with Gasteiger partial charge in [0.2, 0.25) is 0 Å². The first-order chi connectivity index (χ1) is 11.5. The summed E-state index contributed by atoms with van der Waals surface area (Å²) in [5.41, 5.74) is 0.250. The van der Waals surface area contributed by atoms with Gasteiger partial charge in [0.25, 0.3) is 5.56 Å². The fraction of sp³-hybridized carbons (Fsp3) is 0.176. The van der Waals surface area contributed by atoms with Gasteiger partial charge in [0.15, 0.2) is 0 Å². The monoisotopic (exact) mass is 390 g/mol. The van der Waals surface area contributed by atoms with Crippen LogP contribution in [0.5, 0.6) is 11.5 Å². The Hall–Kier alpha value is -2.54. The summed E-state index contributed by atoms with van der Waals surface area (Å²) in [6.45, 7) is 0.164. The van der Waals surface area contributed by atoms with Gasteiger partial charge in [0.05, 0.1) is 20.8 Å². The van der Waals surface area contributed by atoms with Crippen molar-refractivity contribution in [2.75, 3.05) is 14.2 Å². The Labute approximate surface area is 145 Å². The van der Waals surface area contributed by atoms with E-state index < -0.39 is 11.2 Å². The first kappa shape index (κ1) is 16.3. The van der Waals surface area contributed by atoms with Crippen molar-refractivity contribution in [2.24, 2.45) is 0 Å². The molecule has 3 rings (SSSR count). The van der Waals surface area contributed by atoms with Crippen molar-refractivity contribution >= 4 is 26.8 Å². The number of benzene rings is 2. The van der Waals surface area contributed by atoms with Crippen LogP contribution in [0.1, 0.15) is 5.56 Å². The zero-order valence-electron chi connectivity index (χ0n) is 13.1. The Morgan fingerprint density at radius 2 is 1.62 bits per heavy atom. The van der Waals surface area contributed by atoms with Crippen LogP contribution in [-0.2, 0) is 6.54 Å². The first-order valence-corrected chi connectivity index (χ1v) is 7.96. The molecule has 1 aromatic heterocycles. The third-order valence-corrected chi connectivity index (χ3v) is 4.29. The van der Waals surface area contributed by atoms with Crippen LogP contribution in [0.15, 0.2) is 50.5 Å². The number of nitrogens with zero attached hydrogens (tertiary/aromatic N) is 1. The van der Waals surface area contributed by atoms with E-state index in [9.17, 15) is 9.59 Å². The molecule has 3 aromatic rings. The molecule has 2 aromatic carbocycles. The maximum Gasteiger partial charge on any atom is 0.329 e. The second-order valence-corrected chi connectivity index (χ2v) is 6.08. The summed E-state index contributed by atoms with van der Waals surface area (Å²) in [7, 11) is 2.96. The average molecular weight is 391 g/mol. The van der Waals surface area contributed by atoms with E-state index >= 15 is 0 Å². The molecule has 0 aliphatic rings. The quantitative estimate of drug-likeness (QED) is 0.742. The second-order valence-electron chi connectivity index (χ2n) is 5.17. The van der Waals surface area contributed by atoms with Gasteiger partial charge in [-0.2, -0.15) is 0 Å². The first-order valence-electron chi connectivity index (χ1n) is 7.17. The number of nitrogens with one attached hydrogen (secondary N) is 1. The van der Waals surface area contributed by atoms with Crippen molar-refractivity contribution in [3.05, 3.63) is 67.3 Å². The number of rotatable bonds is 4. The summed E-state index contributed by atoms with van der Waals surface area (Å²) in [6.07, 6.45) is 0. The third-order valence-electron chi connectivity index (χ3n) is 3.76. The van der Waals surface area contributed by atoms with E-state index in [4.69, 9.17) is 9.47 Å². The van der Waals surface area contributed by atoms with Gasteiger partial charge in [-0.25, -0.2) is 4.79 Å². The van der Waals surface area contributed by atoms with Crippen LogP contribution in [0.3, 0.4) is 0 Å². The van der Waals surface area contributed by atoms with Crippen molar-refractivity contribution < 1.29 is 9.47 Å². The van der Waals surface area contributed by atoms with Crippen LogP contribution in [0.2, 0.25) is 0 Å². The van der Waals surface area contributed by atoms with E-state index in [1.165, 1.54) is 14.2 Å². The van der Waals surface area contributed by atoms with Crippen molar-refractivity contribution in [1.29, 1.82) is 0 Å². The van der Waals surface area contributed by atoms with Crippen LogP contribution in [0.4, 0.5) is 0 Å². The molecule has 6 nitrogen and oxygen atoms in total. The van der Waals surface area contributed by atoms with Crippen LogP contribution in [-0.4, -0.2) is 23.8 Å². The third kappa shape index (κ3) is 2.82. The van der Waals surface area contributed by atoms with E-state index in [1.807, 2.05) is 24.3 Å². The number of aromatic amines is 1. The summed E-state index contributed by atoms with van der Waals surface area (Å²) in [5, 5.41) is 0.286. The molecule has 0 aliphatic carbocycles. The number of ether oxygens (including phenoxy) is 2. The van der Waals surface area contributed by atoms with Crippen molar-refractivity contribution in [1.82, 2.24) is 9.55 Å². The predicted octanol–water partition coefficient (Wildman–Crippen LogP) is 2.52. The minimum atomic E-state index is -0.498. The van der Waals surface area contributed by atoms with E-state index in [1.54, 1.807) is 12.1 Å². The molecule has 124 valence electrons. The van der Waals surface area contributed by atoms with E-state index in [0.717, 1.165) is 14.6 Å². The minimum Gasteiger partial charge on any atom is -0.496 e. The lowest BCUT2D eigenvalue weighted by Gasteiger charge is -2.11. The molecule has 1 N–H and O–H groups in total. The maximum absolute atomic E-state index is 12.9. The molecule has 0 bridgehead atoms. The summed E-state index contributed by atoms with van der Waals surface area (Å²) < 4.78 is 12.6. The number of H-pyrrole nitrogens is 1. The maximum atomic E-state index is 12.9. The Morgan fingerprint density at radius 3 is 2.25 bits per heavy atom. The average Bonchev–Trinajstić information content (AvgIpc) is 2.59. The van der Waals surface area contributed by atoms with E-state index in [2.05, 4.69) is 20.9 Å². The fourth-order valence-electron chi connectivity index (χ4n) is 2.56. The molecular formula is C17H15BrN2O4. The lowest BCUT2D eigenvalue weighted by atomic mass is 10.2. The fourth-order valence-corrected chi connectivity index (χ4v) is 2.82. The SMILES string of the molecule is COc1ccc(OC)c2c(=O)n(Cc3ccc(Br)cc3)c(=O)[nH]c12. The number of hydrogen-bond donors (Lipinski definition) is 1. The van der Waals surface area contributed by atoms with Gasteiger partial charge in [0.1, 0.15) is 22.4 Å². The number of fused-ring (bicyclic) bond motifs is 1. The molecule has 0 spiro atoms. The van der Waals surface area contributed by atoms with E-state index in [0.29, 0.717) is 17.0 Å². The molecule has 1 heterocycles. The molecule has 0 aliphatic heterocycles. The molecule has 0 saturated carbocycles. The number of methoxy groups -OCH3 is 2.